The fourth-order valence-corrected chi connectivity index (χ4v) is 3.35. The van der Waals surface area contributed by atoms with E-state index in [4.69, 9.17) is 18.6 Å². The number of hydrogen-bond donors (Lipinski definition) is 2. The number of nitrogens with one attached hydrogen (secondary N) is 1. The number of aryl methyl sites for hydroxylation is 1. The summed E-state index contributed by atoms with van der Waals surface area (Å²) >= 11 is 0. The average Bonchev–Trinajstić information content (AvgIpc) is 3.22. The Hall–Kier alpha value is -4.20. The number of phenols is 1. The molecule has 0 fully saturated rings. The monoisotopic (exact) mass is 434 g/mol. The molecule has 0 atom stereocenters. The van der Waals surface area contributed by atoms with E-state index in [2.05, 4.69) is 10.3 Å². The molecule has 0 saturated carbocycles. The molecule has 2 N–H and O–H groups in total. The number of methoxy groups -OCH3 is 3. The number of amides is 1. The molecule has 0 aliphatic rings. The molecular formula is C24H22N2O6. The van der Waals surface area contributed by atoms with Crippen molar-refractivity contribution < 1.29 is 28.5 Å². The number of oxazole rings is 1. The van der Waals surface area contributed by atoms with E-state index in [0.29, 0.717) is 45.2 Å². The van der Waals surface area contributed by atoms with Crippen molar-refractivity contribution in [3.05, 3.63) is 59.7 Å². The molecule has 0 saturated heterocycles. The Balaban J connectivity index is 1.66. The quantitative estimate of drug-likeness (QED) is 0.421. The van der Waals surface area contributed by atoms with Gasteiger partial charge in [0.05, 0.1) is 26.9 Å². The van der Waals surface area contributed by atoms with Gasteiger partial charge >= 0.3 is 0 Å². The maximum absolute atomic E-state index is 12.9. The third-order valence-electron chi connectivity index (χ3n) is 4.95. The molecule has 0 aliphatic heterocycles. The number of phenolic OH excluding ortho intramolecular Hbond substituents is 1. The number of nitrogens with zero attached hydrogens (tertiary/aromatic N) is 1. The number of rotatable bonds is 6. The summed E-state index contributed by atoms with van der Waals surface area (Å²) in [5, 5.41) is 13.2. The normalized spacial score (nSPS) is 10.8. The predicted octanol–water partition coefficient (Wildman–Crippen LogP) is 4.79. The molecule has 0 bridgehead atoms. The van der Waals surface area contributed by atoms with Crippen LogP contribution < -0.4 is 19.5 Å². The van der Waals surface area contributed by atoms with Crippen LogP contribution >= 0.6 is 0 Å². The summed E-state index contributed by atoms with van der Waals surface area (Å²) in [7, 11) is 4.45. The lowest BCUT2D eigenvalue weighted by Gasteiger charge is -2.14. The Labute approximate surface area is 184 Å². The van der Waals surface area contributed by atoms with Crippen LogP contribution in [0.5, 0.6) is 23.0 Å². The number of aromatic nitrogens is 1. The molecule has 32 heavy (non-hydrogen) atoms. The molecule has 1 amide bonds. The van der Waals surface area contributed by atoms with E-state index in [1.165, 1.54) is 27.4 Å². The topological polar surface area (TPSA) is 103 Å². The van der Waals surface area contributed by atoms with Gasteiger partial charge in [0.15, 0.2) is 17.1 Å². The highest BCUT2D eigenvalue weighted by atomic mass is 16.5. The van der Waals surface area contributed by atoms with Crippen molar-refractivity contribution in [3.63, 3.8) is 0 Å². The highest BCUT2D eigenvalue weighted by Crippen LogP contribution is 2.39. The summed E-state index contributed by atoms with van der Waals surface area (Å²) in [6.07, 6.45) is 0. The summed E-state index contributed by atoms with van der Waals surface area (Å²) in [4.78, 5) is 17.4. The van der Waals surface area contributed by atoms with Gasteiger partial charge in [-0.05, 0) is 55.0 Å². The maximum Gasteiger partial charge on any atom is 0.255 e. The first-order chi connectivity index (χ1) is 15.4. The number of hydrogen-bond acceptors (Lipinski definition) is 7. The summed E-state index contributed by atoms with van der Waals surface area (Å²) in [5.74, 6) is 0.972. The van der Waals surface area contributed by atoms with Gasteiger partial charge in [-0.3, -0.25) is 4.79 Å². The van der Waals surface area contributed by atoms with Crippen LogP contribution in [0.4, 0.5) is 5.69 Å². The fourth-order valence-electron chi connectivity index (χ4n) is 3.35. The minimum absolute atomic E-state index is 0.0148. The first-order valence-electron chi connectivity index (χ1n) is 9.75. The molecule has 4 rings (SSSR count). The van der Waals surface area contributed by atoms with E-state index in [0.717, 1.165) is 5.56 Å². The van der Waals surface area contributed by atoms with E-state index in [9.17, 15) is 9.90 Å². The first kappa shape index (κ1) is 21.0. The van der Waals surface area contributed by atoms with Crippen molar-refractivity contribution in [2.24, 2.45) is 0 Å². The van der Waals surface area contributed by atoms with E-state index in [1.54, 1.807) is 24.3 Å². The number of aromatic hydroxyl groups is 1. The van der Waals surface area contributed by atoms with Crippen LogP contribution in [-0.4, -0.2) is 37.3 Å². The van der Waals surface area contributed by atoms with Gasteiger partial charge in [0.2, 0.25) is 11.6 Å². The van der Waals surface area contributed by atoms with E-state index >= 15 is 0 Å². The summed E-state index contributed by atoms with van der Waals surface area (Å²) in [6, 6.07) is 13.4. The Morgan fingerprint density at radius 3 is 2.34 bits per heavy atom. The molecule has 1 heterocycles. The van der Waals surface area contributed by atoms with Crippen molar-refractivity contribution in [3.8, 4) is 34.5 Å². The lowest BCUT2D eigenvalue weighted by atomic mass is 10.1. The van der Waals surface area contributed by atoms with Crippen LogP contribution in [-0.2, 0) is 0 Å². The lowest BCUT2D eigenvalue weighted by Crippen LogP contribution is -2.12. The smallest absolute Gasteiger partial charge is 0.255 e. The zero-order chi connectivity index (χ0) is 22.8. The SMILES string of the molecule is COc1cc(C(=O)Nc2ccc(O)c(-c3nc4cc(C)ccc4o3)c2)cc(OC)c1OC. The largest absolute Gasteiger partial charge is 0.507 e. The molecule has 0 unspecified atom stereocenters. The van der Waals surface area contributed by atoms with Crippen LogP contribution in [0.3, 0.4) is 0 Å². The Kier molecular flexibility index (Phi) is 5.59. The van der Waals surface area contributed by atoms with Gasteiger partial charge in [0.1, 0.15) is 11.3 Å². The molecule has 8 nitrogen and oxygen atoms in total. The Morgan fingerprint density at radius 2 is 1.69 bits per heavy atom. The van der Waals surface area contributed by atoms with Crippen LogP contribution in [0.2, 0.25) is 0 Å². The third kappa shape index (κ3) is 3.90. The third-order valence-corrected chi connectivity index (χ3v) is 4.95. The van der Waals surface area contributed by atoms with Gasteiger partial charge in [0, 0.05) is 11.3 Å². The van der Waals surface area contributed by atoms with Gasteiger partial charge in [-0.1, -0.05) is 6.07 Å². The average molecular weight is 434 g/mol. The number of fused-ring (bicyclic) bond motifs is 1. The number of carbonyl (C=O) groups excluding carboxylic acids is 1. The Morgan fingerprint density at radius 1 is 0.969 bits per heavy atom. The second kappa shape index (κ2) is 8.50. The molecule has 0 spiro atoms. The molecule has 0 aliphatic carbocycles. The number of benzene rings is 3. The highest BCUT2D eigenvalue weighted by molar-refractivity contribution is 6.05. The molecular weight excluding hydrogens is 412 g/mol. The van der Waals surface area contributed by atoms with Gasteiger partial charge in [0.25, 0.3) is 5.91 Å². The van der Waals surface area contributed by atoms with Crippen LogP contribution in [0.25, 0.3) is 22.6 Å². The van der Waals surface area contributed by atoms with Crippen molar-refractivity contribution in [1.82, 2.24) is 4.98 Å². The minimum Gasteiger partial charge on any atom is -0.507 e. The van der Waals surface area contributed by atoms with E-state index in [-0.39, 0.29) is 11.6 Å². The van der Waals surface area contributed by atoms with Gasteiger partial charge < -0.3 is 29.1 Å². The van der Waals surface area contributed by atoms with Crippen molar-refractivity contribution >= 4 is 22.7 Å². The van der Waals surface area contributed by atoms with Crippen LogP contribution in [0.15, 0.2) is 52.9 Å². The summed E-state index contributed by atoms with van der Waals surface area (Å²) in [5.41, 5.74) is 3.47. The predicted molar refractivity (Wildman–Crippen MR) is 120 cm³/mol. The van der Waals surface area contributed by atoms with Crippen LogP contribution in [0, 0.1) is 6.92 Å². The van der Waals surface area contributed by atoms with Crippen molar-refractivity contribution in [2.75, 3.05) is 26.6 Å². The molecule has 1 aromatic heterocycles. The maximum atomic E-state index is 12.9. The zero-order valence-corrected chi connectivity index (χ0v) is 18.1. The van der Waals surface area contributed by atoms with Gasteiger partial charge in [-0.15, -0.1) is 0 Å². The molecule has 0 radical (unpaired) electrons. The van der Waals surface area contributed by atoms with Gasteiger partial charge in [-0.2, -0.15) is 0 Å². The van der Waals surface area contributed by atoms with Crippen molar-refractivity contribution in [1.29, 1.82) is 0 Å². The number of ether oxygens (including phenoxy) is 3. The van der Waals surface area contributed by atoms with E-state index in [1.807, 2.05) is 25.1 Å². The minimum atomic E-state index is -0.394. The first-order valence-corrected chi connectivity index (χ1v) is 9.75. The molecule has 8 heteroatoms. The molecule has 3 aromatic carbocycles. The molecule has 4 aromatic rings. The zero-order valence-electron chi connectivity index (χ0n) is 18.1. The fraction of sp³-hybridized carbons (Fsp3) is 0.167. The standard InChI is InChI=1S/C24H22N2O6/c1-13-5-8-19-17(9-13)26-24(32-19)16-12-15(6-7-18(16)27)25-23(28)14-10-20(29-2)22(31-4)21(11-14)30-3/h5-12,27H,1-4H3,(H,25,28). The van der Waals surface area contributed by atoms with Gasteiger partial charge in [-0.25, -0.2) is 4.98 Å². The number of carbonyl (C=O) groups is 1. The number of anilines is 1. The van der Waals surface area contributed by atoms with Crippen LogP contribution in [0.1, 0.15) is 15.9 Å². The Bertz CT molecular complexity index is 1290. The van der Waals surface area contributed by atoms with E-state index < -0.39 is 5.91 Å². The second-order valence-electron chi connectivity index (χ2n) is 7.09. The van der Waals surface area contributed by atoms with Crippen molar-refractivity contribution in [2.45, 2.75) is 6.92 Å². The summed E-state index contributed by atoms with van der Waals surface area (Å²) < 4.78 is 21.7. The highest BCUT2D eigenvalue weighted by Gasteiger charge is 2.18. The molecule has 164 valence electrons. The lowest BCUT2D eigenvalue weighted by molar-refractivity contribution is 0.102. The summed E-state index contributed by atoms with van der Waals surface area (Å²) in [6.45, 7) is 1.96. The second-order valence-corrected chi connectivity index (χ2v) is 7.09.